The van der Waals surface area contributed by atoms with Crippen LogP contribution in [0.4, 0.5) is 5.13 Å². The zero-order valence-electron chi connectivity index (χ0n) is 15.4. The standard InChI is InChI=1S/C17H19N5O3S2/c1-5-10-6-18-14-12(15(24)22(4)17(25)21(14)3)13(10)26-8-11(23)20-16-19-9(2)7-27-16/h6-7H,5,8H2,1-4H3,(H,19,20,23). The van der Waals surface area contributed by atoms with Gasteiger partial charge in [0.15, 0.2) is 5.13 Å². The van der Waals surface area contributed by atoms with Crippen molar-refractivity contribution >= 4 is 45.2 Å². The van der Waals surface area contributed by atoms with Gasteiger partial charge in [-0.3, -0.25) is 18.7 Å². The lowest BCUT2D eigenvalue weighted by atomic mass is 10.2. The first kappa shape index (κ1) is 19.3. The third kappa shape index (κ3) is 3.67. The summed E-state index contributed by atoms with van der Waals surface area (Å²) in [7, 11) is 3.02. The third-order valence-electron chi connectivity index (χ3n) is 4.09. The van der Waals surface area contributed by atoms with Crippen molar-refractivity contribution in [2.45, 2.75) is 25.2 Å². The molecule has 0 bridgehead atoms. The lowest BCUT2D eigenvalue weighted by Gasteiger charge is -2.13. The number of thioether (sulfide) groups is 1. The van der Waals surface area contributed by atoms with E-state index < -0.39 is 11.2 Å². The third-order valence-corrected chi connectivity index (χ3v) is 6.13. The van der Waals surface area contributed by atoms with E-state index in [0.29, 0.717) is 27.5 Å². The van der Waals surface area contributed by atoms with Crippen LogP contribution in [-0.2, 0) is 25.3 Å². The van der Waals surface area contributed by atoms with Crippen LogP contribution in [0.25, 0.3) is 11.0 Å². The van der Waals surface area contributed by atoms with Crippen molar-refractivity contribution in [2.24, 2.45) is 14.1 Å². The SMILES string of the molecule is CCc1cnc2c(c1SCC(=O)Nc1nc(C)cs1)c(=O)n(C)c(=O)n2C. The van der Waals surface area contributed by atoms with Crippen molar-refractivity contribution in [3.05, 3.63) is 43.7 Å². The largest absolute Gasteiger partial charge is 0.332 e. The average Bonchev–Trinajstić information content (AvgIpc) is 3.06. The molecule has 8 nitrogen and oxygen atoms in total. The van der Waals surface area contributed by atoms with Gasteiger partial charge in [-0.1, -0.05) is 6.92 Å². The maximum absolute atomic E-state index is 12.7. The molecule has 0 fully saturated rings. The highest BCUT2D eigenvalue weighted by Crippen LogP contribution is 2.28. The summed E-state index contributed by atoms with van der Waals surface area (Å²) in [6, 6.07) is 0. The molecule has 0 aliphatic rings. The minimum atomic E-state index is -0.433. The van der Waals surface area contributed by atoms with Gasteiger partial charge in [0.25, 0.3) is 5.56 Å². The molecule has 0 atom stereocenters. The van der Waals surface area contributed by atoms with Crippen LogP contribution in [0.5, 0.6) is 0 Å². The Hall–Kier alpha value is -2.46. The highest BCUT2D eigenvalue weighted by atomic mass is 32.2. The molecule has 1 amide bonds. The van der Waals surface area contributed by atoms with Crippen LogP contribution in [0.2, 0.25) is 0 Å². The molecule has 0 saturated carbocycles. The van der Waals surface area contributed by atoms with Crippen molar-refractivity contribution in [3.63, 3.8) is 0 Å². The van der Waals surface area contributed by atoms with Crippen LogP contribution in [0.15, 0.2) is 26.1 Å². The normalized spacial score (nSPS) is 11.1. The Labute approximate surface area is 163 Å². The van der Waals surface area contributed by atoms with E-state index in [0.717, 1.165) is 15.8 Å². The number of amides is 1. The summed E-state index contributed by atoms with van der Waals surface area (Å²) in [4.78, 5) is 46.3. The number of aryl methyl sites for hydroxylation is 3. The smallest absolute Gasteiger partial charge is 0.301 e. The Morgan fingerprint density at radius 2 is 2.04 bits per heavy atom. The molecule has 0 saturated heterocycles. The van der Waals surface area contributed by atoms with Gasteiger partial charge in [-0.15, -0.1) is 23.1 Å². The van der Waals surface area contributed by atoms with E-state index in [9.17, 15) is 14.4 Å². The highest BCUT2D eigenvalue weighted by Gasteiger charge is 2.18. The second-order valence-corrected chi connectivity index (χ2v) is 7.85. The van der Waals surface area contributed by atoms with E-state index in [4.69, 9.17) is 0 Å². The van der Waals surface area contributed by atoms with Gasteiger partial charge in [-0.05, 0) is 18.9 Å². The molecular weight excluding hydrogens is 386 g/mol. The number of aromatic nitrogens is 4. The van der Waals surface area contributed by atoms with Crippen molar-refractivity contribution < 1.29 is 4.79 Å². The number of pyridine rings is 1. The number of hydrogen-bond donors (Lipinski definition) is 1. The molecule has 3 aromatic rings. The second-order valence-electron chi connectivity index (χ2n) is 6.00. The Balaban J connectivity index is 1.98. The summed E-state index contributed by atoms with van der Waals surface area (Å²) in [6.07, 6.45) is 2.32. The number of carbonyl (C=O) groups is 1. The fourth-order valence-corrected chi connectivity index (χ4v) is 4.42. The molecule has 0 aliphatic carbocycles. The fourth-order valence-electron chi connectivity index (χ4n) is 2.66. The van der Waals surface area contributed by atoms with Gasteiger partial charge < -0.3 is 5.32 Å². The minimum Gasteiger partial charge on any atom is -0.301 e. The second kappa shape index (κ2) is 7.65. The number of thiazole rings is 1. The van der Waals surface area contributed by atoms with E-state index in [1.807, 2.05) is 19.2 Å². The molecule has 3 aromatic heterocycles. The van der Waals surface area contributed by atoms with Crippen LogP contribution in [0.3, 0.4) is 0 Å². The predicted octanol–water partition coefficient (Wildman–Crippen LogP) is 1.69. The van der Waals surface area contributed by atoms with Gasteiger partial charge in [0.05, 0.1) is 16.8 Å². The summed E-state index contributed by atoms with van der Waals surface area (Å²) in [6.45, 7) is 3.81. The zero-order chi connectivity index (χ0) is 19.7. The van der Waals surface area contributed by atoms with Gasteiger partial charge in [0, 0.05) is 30.6 Å². The van der Waals surface area contributed by atoms with Crippen LogP contribution in [0, 0.1) is 6.92 Å². The first-order valence-electron chi connectivity index (χ1n) is 8.25. The van der Waals surface area contributed by atoms with Gasteiger partial charge >= 0.3 is 5.69 Å². The van der Waals surface area contributed by atoms with Crippen molar-refractivity contribution in [1.82, 2.24) is 19.1 Å². The Bertz CT molecular complexity index is 1150. The van der Waals surface area contributed by atoms with Gasteiger partial charge in [-0.2, -0.15) is 0 Å². The summed E-state index contributed by atoms with van der Waals surface area (Å²) < 4.78 is 2.41. The number of anilines is 1. The van der Waals surface area contributed by atoms with Gasteiger partial charge in [0.2, 0.25) is 5.91 Å². The molecule has 142 valence electrons. The van der Waals surface area contributed by atoms with E-state index in [2.05, 4.69) is 15.3 Å². The maximum Gasteiger partial charge on any atom is 0.332 e. The van der Waals surface area contributed by atoms with Crippen molar-refractivity contribution in [2.75, 3.05) is 11.1 Å². The lowest BCUT2D eigenvalue weighted by Crippen LogP contribution is -2.37. The first-order valence-corrected chi connectivity index (χ1v) is 10.1. The van der Waals surface area contributed by atoms with Crippen molar-refractivity contribution in [3.8, 4) is 0 Å². The number of carbonyl (C=O) groups excluding carboxylic acids is 1. The van der Waals surface area contributed by atoms with Gasteiger partial charge in [-0.25, -0.2) is 14.8 Å². The molecule has 0 aromatic carbocycles. The van der Waals surface area contributed by atoms with Crippen LogP contribution in [-0.4, -0.2) is 30.8 Å². The molecule has 1 N–H and O–H groups in total. The predicted molar refractivity (Wildman–Crippen MR) is 108 cm³/mol. The van der Waals surface area contributed by atoms with E-state index in [-0.39, 0.29) is 11.7 Å². The molecular formula is C17H19N5O3S2. The summed E-state index contributed by atoms with van der Waals surface area (Å²) in [5.41, 5.74) is 1.19. The van der Waals surface area contributed by atoms with Crippen molar-refractivity contribution in [1.29, 1.82) is 0 Å². The highest BCUT2D eigenvalue weighted by molar-refractivity contribution is 8.00. The molecule has 3 rings (SSSR count). The van der Waals surface area contributed by atoms with Crippen LogP contribution < -0.4 is 16.6 Å². The monoisotopic (exact) mass is 405 g/mol. The number of hydrogen-bond acceptors (Lipinski definition) is 7. The van der Waals surface area contributed by atoms with E-state index in [1.165, 1.54) is 34.7 Å². The Morgan fingerprint density at radius 1 is 1.30 bits per heavy atom. The van der Waals surface area contributed by atoms with E-state index >= 15 is 0 Å². The molecule has 27 heavy (non-hydrogen) atoms. The fraction of sp³-hybridized carbons (Fsp3) is 0.353. The van der Waals surface area contributed by atoms with Crippen LogP contribution in [0.1, 0.15) is 18.2 Å². The van der Waals surface area contributed by atoms with E-state index in [1.54, 1.807) is 13.2 Å². The quantitative estimate of drug-likeness (QED) is 0.649. The molecule has 0 radical (unpaired) electrons. The molecule has 0 spiro atoms. The lowest BCUT2D eigenvalue weighted by molar-refractivity contribution is -0.113. The Morgan fingerprint density at radius 3 is 2.67 bits per heavy atom. The number of rotatable bonds is 5. The molecule has 10 heteroatoms. The van der Waals surface area contributed by atoms with Gasteiger partial charge in [0.1, 0.15) is 5.65 Å². The van der Waals surface area contributed by atoms with Crippen LogP contribution >= 0.6 is 23.1 Å². The average molecular weight is 406 g/mol. The minimum absolute atomic E-state index is 0.122. The topological polar surface area (TPSA) is 98.9 Å². The summed E-state index contributed by atoms with van der Waals surface area (Å²) in [5.74, 6) is -0.0838. The number of nitrogens with zero attached hydrogens (tertiary/aromatic N) is 4. The molecule has 0 aliphatic heterocycles. The number of nitrogens with one attached hydrogen (secondary N) is 1. The molecule has 3 heterocycles. The zero-order valence-corrected chi connectivity index (χ0v) is 17.0. The maximum atomic E-state index is 12.7. The summed E-state index contributed by atoms with van der Waals surface area (Å²) >= 11 is 2.63. The Kier molecular flexibility index (Phi) is 5.47. The molecule has 0 unspecified atom stereocenters. The number of fused-ring (bicyclic) bond motifs is 1. The first-order chi connectivity index (χ1) is 12.8. The summed E-state index contributed by atoms with van der Waals surface area (Å²) in [5, 5.41) is 5.53.